The highest BCUT2D eigenvalue weighted by Gasteiger charge is 2.23. The van der Waals surface area contributed by atoms with E-state index in [2.05, 4.69) is 66.7 Å². The van der Waals surface area contributed by atoms with Crippen molar-refractivity contribution in [2.24, 2.45) is 0 Å². The maximum absolute atomic E-state index is 4.23. The Kier molecular flexibility index (Phi) is 3.45. The van der Waals surface area contributed by atoms with Gasteiger partial charge in [0.2, 0.25) is 0 Å². The molecule has 0 unspecified atom stereocenters. The smallest absolute Gasteiger partial charge is 0.194 e. The van der Waals surface area contributed by atoms with Gasteiger partial charge in [-0.1, -0.05) is 27.7 Å². The van der Waals surface area contributed by atoms with Crippen LogP contribution in [0.2, 0.25) is 0 Å². The molecule has 0 aliphatic heterocycles. The van der Waals surface area contributed by atoms with Crippen molar-refractivity contribution in [3.05, 3.63) is 35.3 Å². The topological polar surface area (TPSA) is 45.5 Å². The van der Waals surface area contributed by atoms with E-state index in [9.17, 15) is 0 Å². The first-order valence-corrected chi connectivity index (χ1v) is 6.43. The van der Waals surface area contributed by atoms with Crippen molar-refractivity contribution >= 4 is 0 Å². The highest BCUT2D eigenvalue weighted by molar-refractivity contribution is 5.21. The molecule has 0 fully saturated rings. The average molecular weight is 245 g/mol. The fourth-order valence-electron chi connectivity index (χ4n) is 2.20. The molecule has 2 heterocycles. The van der Waals surface area contributed by atoms with Crippen LogP contribution in [0.25, 0.3) is 5.82 Å². The van der Waals surface area contributed by atoms with Crippen LogP contribution in [0.1, 0.15) is 56.5 Å². The molecular weight excluding hydrogens is 224 g/mol. The Hall–Kier alpha value is -1.71. The summed E-state index contributed by atoms with van der Waals surface area (Å²) in [6.07, 6.45) is 1.77. The largest absolute Gasteiger partial charge is 0.375 e. The van der Waals surface area contributed by atoms with Crippen LogP contribution >= 0.6 is 0 Å². The molecule has 0 aliphatic rings. The van der Waals surface area contributed by atoms with E-state index in [-0.39, 0.29) is 0 Å². The second-order valence-corrected chi connectivity index (χ2v) is 5.36. The van der Waals surface area contributed by atoms with Gasteiger partial charge in [-0.05, 0) is 24.6 Å². The molecule has 0 aromatic carbocycles. The van der Waals surface area contributed by atoms with E-state index >= 15 is 0 Å². The molecule has 0 saturated heterocycles. The van der Waals surface area contributed by atoms with Crippen LogP contribution in [-0.2, 0) is 0 Å². The van der Waals surface area contributed by atoms with E-state index in [0.29, 0.717) is 11.8 Å². The van der Waals surface area contributed by atoms with E-state index in [1.54, 1.807) is 6.20 Å². The summed E-state index contributed by atoms with van der Waals surface area (Å²) >= 11 is 0. The number of aryl methyl sites for hydroxylation is 1. The van der Waals surface area contributed by atoms with Crippen molar-refractivity contribution in [2.75, 3.05) is 0 Å². The number of nitrogens with zero attached hydrogens (tertiary/aromatic N) is 3. The zero-order valence-electron chi connectivity index (χ0n) is 11.7. The van der Waals surface area contributed by atoms with Crippen molar-refractivity contribution in [3.63, 3.8) is 0 Å². The molecule has 0 aliphatic carbocycles. The van der Waals surface area contributed by atoms with Crippen molar-refractivity contribution < 1.29 is 4.57 Å². The third-order valence-electron chi connectivity index (χ3n) is 3.08. The molecule has 0 radical (unpaired) electrons. The van der Waals surface area contributed by atoms with Gasteiger partial charge in [-0.25, -0.2) is 0 Å². The standard InChI is InChI=1S/C14H21N4/c1-9(2)12-6-11(5)7-13(10(3)4)18(12)14-8-15-17-16-14/h6-10H,1-5H3,(H,15,16,17)/q+1. The molecule has 2 aromatic heterocycles. The van der Waals surface area contributed by atoms with Gasteiger partial charge in [-0.15, -0.1) is 10.3 Å². The van der Waals surface area contributed by atoms with Gasteiger partial charge in [0.05, 0.1) is 5.10 Å². The highest BCUT2D eigenvalue weighted by Crippen LogP contribution is 2.19. The average Bonchev–Trinajstić information content (AvgIpc) is 2.80. The maximum atomic E-state index is 4.23. The summed E-state index contributed by atoms with van der Waals surface area (Å²) in [6, 6.07) is 4.45. The van der Waals surface area contributed by atoms with Crippen LogP contribution in [0.15, 0.2) is 18.3 Å². The van der Waals surface area contributed by atoms with Crippen LogP contribution < -0.4 is 4.57 Å². The number of nitrogens with one attached hydrogen (secondary N) is 1. The van der Waals surface area contributed by atoms with E-state index in [1.165, 1.54) is 17.0 Å². The number of aromatic amines is 1. The number of rotatable bonds is 3. The van der Waals surface area contributed by atoms with E-state index < -0.39 is 0 Å². The summed E-state index contributed by atoms with van der Waals surface area (Å²) in [5.41, 5.74) is 3.84. The molecule has 1 N–H and O–H groups in total. The fourth-order valence-corrected chi connectivity index (χ4v) is 2.20. The highest BCUT2D eigenvalue weighted by atomic mass is 15.4. The molecule has 18 heavy (non-hydrogen) atoms. The zero-order valence-corrected chi connectivity index (χ0v) is 11.7. The quantitative estimate of drug-likeness (QED) is 0.845. The number of hydrogen-bond acceptors (Lipinski definition) is 2. The normalized spacial score (nSPS) is 11.5. The van der Waals surface area contributed by atoms with Crippen molar-refractivity contribution in [1.82, 2.24) is 15.4 Å². The van der Waals surface area contributed by atoms with Gasteiger partial charge in [-0.3, -0.25) is 0 Å². The molecule has 0 saturated carbocycles. The molecule has 2 rings (SSSR count). The van der Waals surface area contributed by atoms with Crippen molar-refractivity contribution in [2.45, 2.75) is 46.5 Å². The Morgan fingerprint density at radius 2 is 1.61 bits per heavy atom. The molecule has 0 amide bonds. The van der Waals surface area contributed by atoms with Crippen LogP contribution in [0.3, 0.4) is 0 Å². The third-order valence-corrected chi connectivity index (χ3v) is 3.08. The molecule has 0 bridgehead atoms. The van der Waals surface area contributed by atoms with Gasteiger partial charge in [0, 0.05) is 11.8 Å². The molecular formula is C14H21N4+. The monoisotopic (exact) mass is 245 g/mol. The Labute approximate surface area is 108 Å². The summed E-state index contributed by atoms with van der Waals surface area (Å²) in [4.78, 5) is 0. The first-order chi connectivity index (χ1) is 8.50. The molecule has 2 aromatic rings. The van der Waals surface area contributed by atoms with Gasteiger partial charge in [-0.2, -0.15) is 4.57 Å². The second-order valence-electron chi connectivity index (χ2n) is 5.36. The Balaban J connectivity index is 2.73. The minimum Gasteiger partial charge on any atom is -0.194 e. The predicted octanol–water partition coefficient (Wildman–Crippen LogP) is 2.64. The van der Waals surface area contributed by atoms with Gasteiger partial charge in [0.15, 0.2) is 0 Å². The number of aromatic nitrogens is 4. The molecule has 4 nitrogen and oxygen atoms in total. The van der Waals surface area contributed by atoms with Crippen LogP contribution in [-0.4, -0.2) is 15.4 Å². The Bertz CT molecular complexity index is 498. The van der Waals surface area contributed by atoms with Crippen molar-refractivity contribution in [1.29, 1.82) is 0 Å². The SMILES string of the molecule is Cc1cc(C(C)C)[n+](-c2cn[nH]n2)c(C(C)C)c1. The van der Waals surface area contributed by atoms with Crippen LogP contribution in [0.4, 0.5) is 0 Å². The minimum atomic E-state index is 0.444. The maximum Gasteiger partial charge on any atom is 0.375 e. The minimum absolute atomic E-state index is 0.444. The Morgan fingerprint density at radius 3 is 2.00 bits per heavy atom. The molecule has 0 spiro atoms. The summed E-state index contributed by atoms with van der Waals surface area (Å²) in [6.45, 7) is 11.0. The van der Waals surface area contributed by atoms with E-state index in [0.717, 1.165) is 5.82 Å². The first-order valence-electron chi connectivity index (χ1n) is 6.43. The summed E-state index contributed by atoms with van der Waals surface area (Å²) < 4.78 is 2.21. The zero-order chi connectivity index (χ0) is 13.3. The number of hydrogen-bond donors (Lipinski definition) is 1. The predicted molar refractivity (Wildman–Crippen MR) is 70.8 cm³/mol. The lowest BCUT2D eigenvalue weighted by Crippen LogP contribution is -2.42. The lowest BCUT2D eigenvalue weighted by atomic mass is 10.0. The van der Waals surface area contributed by atoms with E-state index in [4.69, 9.17) is 0 Å². The third kappa shape index (κ3) is 2.28. The van der Waals surface area contributed by atoms with E-state index in [1.807, 2.05) is 0 Å². The second kappa shape index (κ2) is 4.88. The fraction of sp³-hybridized carbons (Fsp3) is 0.500. The van der Waals surface area contributed by atoms with Gasteiger partial charge in [0.1, 0.15) is 17.6 Å². The number of pyridine rings is 1. The first kappa shape index (κ1) is 12.7. The molecule has 4 heteroatoms. The molecule has 96 valence electrons. The van der Waals surface area contributed by atoms with Crippen molar-refractivity contribution in [3.8, 4) is 5.82 Å². The lowest BCUT2D eigenvalue weighted by molar-refractivity contribution is -0.619. The molecule has 0 atom stereocenters. The van der Waals surface area contributed by atoms with Gasteiger partial charge in [0.25, 0.3) is 0 Å². The Morgan fingerprint density at radius 1 is 1.06 bits per heavy atom. The van der Waals surface area contributed by atoms with Crippen LogP contribution in [0, 0.1) is 6.92 Å². The van der Waals surface area contributed by atoms with Gasteiger partial charge < -0.3 is 0 Å². The summed E-state index contributed by atoms with van der Waals surface area (Å²) in [5, 5.41) is 10.8. The lowest BCUT2D eigenvalue weighted by Gasteiger charge is -2.15. The number of H-pyrrole nitrogens is 1. The van der Waals surface area contributed by atoms with Crippen LogP contribution in [0.5, 0.6) is 0 Å². The summed E-state index contributed by atoms with van der Waals surface area (Å²) in [7, 11) is 0. The summed E-state index contributed by atoms with van der Waals surface area (Å²) in [5.74, 6) is 1.75. The van der Waals surface area contributed by atoms with Gasteiger partial charge >= 0.3 is 5.82 Å².